The molecule has 1 aromatic carbocycles. The lowest BCUT2D eigenvalue weighted by atomic mass is 9.78. The molecule has 0 aromatic heterocycles. The van der Waals surface area contributed by atoms with Crippen molar-refractivity contribution in [3.8, 4) is 5.75 Å². The molecule has 6 nitrogen and oxygen atoms in total. The molecule has 1 aliphatic rings. The summed E-state index contributed by atoms with van der Waals surface area (Å²) in [5.74, 6) is 0.622. The largest absolute Gasteiger partial charge is 0.497 e. The van der Waals surface area contributed by atoms with Crippen LogP contribution in [-0.2, 0) is 14.8 Å². The monoisotopic (exact) mass is 357 g/mol. The molecule has 1 fully saturated rings. The van der Waals surface area contributed by atoms with Crippen LogP contribution in [0.5, 0.6) is 5.75 Å². The number of sulfonamides is 1. The number of piperidine rings is 1. The first-order valence-corrected chi connectivity index (χ1v) is 9.65. The Labute approximate surface area is 144 Å². The topological polar surface area (TPSA) is 76.1 Å². The summed E-state index contributed by atoms with van der Waals surface area (Å²) in [7, 11) is -0.372. The maximum absolute atomic E-state index is 12.9. The fourth-order valence-corrected chi connectivity index (χ4v) is 4.86. The summed E-state index contributed by atoms with van der Waals surface area (Å²) in [6.07, 6.45) is 3.16. The fourth-order valence-electron chi connectivity index (χ4n) is 3.27. The van der Waals surface area contributed by atoms with Crippen LogP contribution in [0.15, 0.2) is 29.2 Å². The first-order chi connectivity index (χ1) is 11.5. The summed E-state index contributed by atoms with van der Waals surface area (Å²) in [6.45, 7) is 1.44. The van der Waals surface area contributed by atoms with Crippen LogP contribution >= 0.6 is 0 Å². The number of rotatable bonds is 8. The number of hydrogen-bond donors (Lipinski definition) is 1. The maximum atomic E-state index is 12.9. The van der Waals surface area contributed by atoms with Gasteiger partial charge in [0.25, 0.3) is 0 Å². The van der Waals surface area contributed by atoms with Crippen molar-refractivity contribution < 1.29 is 23.0 Å². The van der Waals surface area contributed by atoms with Gasteiger partial charge in [0.2, 0.25) is 10.0 Å². The van der Waals surface area contributed by atoms with Gasteiger partial charge in [0.05, 0.1) is 12.0 Å². The van der Waals surface area contributed by atoms with Crippen LogP contribution in [0, 0.1) is 5.41 Å². The number of aliphatic hydroxyl groups excluding tert-OH is 1. The van der Waals surface area contributed by atoms with E-state index in [1.807, 2.05) is 0 Å². The number of ether oxygens (including phenoxy) is 2. The van der Waals surface area contributed by atoms with Crippen molar-refractivity contribution in [1.29, 1.82) is 0 Å². The van der Waals surface area contributed by atoms with Crippen LogP contribution < -0.4 is 4.74 Å². The highest BCUT2D eigenvalue weighted by Crippen LogP contribution is 2.36. The van der Waals surface area contributed by atoms with E-state index in [1.54, 1.807) is 38.5 Å². The average molecular weight is 357 g/mol. The Morgan fingerprint density at radius 3 is 2.54 bits per heavy atom. The van der Waals surface area contributed by atoms with Crippen LogP contribution in [0.25, 0.3) is 0 Å². The number of hydrogen-bond acceptors (Lipinski definition) is 5. The predicted molar refractivity (Wildman–Crippen MR) is 91.6 cm³/mol. The lowest BCUT2D eigenvalue weighted by molar-refractivity contribution is 0.0472. The summed E-state index contributed by atoms with van der Waals surface area (Å²) in [6, 6.07) is 6.42. The van der Waals surface area contributed by atoms with E-state index in [9.17, 15) is 13.5 Å². The summed E-state index contributed by atoms with van der Waals surface area (Å²) >= 11 is 0. The van der Waals surface area contributed by atoms with Crippen molar-refractivity contribution in [3.05, 3.63) is 24.3 Å². The highest BCUT2D eigenvalue weighted by atomic mass is 32.2. The van der Waals surface area contributed by atoms with Gasteiger partial charge >= 0.3 is 0 Å². The minimum Gasteiger partial charge on any atom is -0.497 e. The molecule has 136 valence electrons. The predicted octanol–water partition coefficient (Wildman–Crippen LogP) is 1.89. The van der Waals surface area contributed by atoms with E-state index in [-0.39, 0.29) is 16.9 Å². The van der Waals surface area contributed by atoms with E-state index in [4.69, 9.17) is 9.47 Å². The van der Waals surface area contributed by atoms with Gasteiger partial charge in [-0.25, -0.2) is 8.42 Å². The molecule has 0 saturated carbocycles. The van der Waals surface area contributed by atoms with E-state index in [0.717, 1.165) is 25.7 Å². The molecule has 0 bridgehead atoms. The highest BCUT2D eigenvalue weighted by Gasteiger charge is 2.39. The van der Waals surface area contributed by atoms with Crippen LogP contribution in [0.2, 0.25) is 0 Å². The first kappa shape index (κ1) is 19.2. The molecule has 1 N–H and O–H groups in total. The SMILES string of the molecule is COCCCC1(CO)CCCN(S(=O)(=O)c2ccc(OC)cc2)C1. The summed E-state index contributed by atoms with van der Waals surface area (Å²) in [4.78, 5) is 0.258. The Kier molecular flexibility index (Phi) is 6.62. The highest BCUT2D eigenvalue weighted by molar-refractivity contribution is 7.89. The van der Waals surface area contributed by atoms with Gasteiger partial charge in [-0.3, -0.25) is 0 Å². The molecule has 0 amide bonds. The van der Waals surface area contributed by atoms with Gasteiger partial charge in [0, 0.05) is 38.8 Å². The van der Waals surface area contributed by atoms with Crippen LogP contribution in [0.1, 0.15) is 25.7 Å². The first-order valence-electron chi connectivity index (χ1n) is 8.21. The number of nitrogens with zero attached hydrogens (tertiary/aromatic N) is 1. The van der Waals surface area contributed by atoms with E-state index >= 15 is 0 Å². The van der Waals surface area contributed by atoms with Crippen molar-refractivity contribution in [3.63, 3.8) is 0 Å². The van der Waals surface area contributed by atoms with Crippen LogP contribution in [0.3, 0.4) is 0 Å². The number of methoxy groups -OCH3 is 2. The Hall–Kier alpha value is -1.15. The summed E-state index contributed by atoms with van der Waals surface area (Å²) in [5, 5.41) is 9.88. The molecule has 0 aliphatic carbocycles. The Balaban J connectivity index is 2.16. The number of aliphatic hydroxyl groups is 1. The molecule has 1 saturated heterocycles. The third-order valence-electron chi connectivity index (χ3n) is 4.71. The second kappa shape index (κ2) is 8.29. The van der Waals surface area contributed by atoms with Crippen molar-refractivity contribution in [2.45, 2.75) is 30.6 Å². The van der Waals surface area contributed by atoms with Crippen LogP contribution in [0.4, 0.5) is 0 Å². The van der Waals surface area contributed by atoms with Gasteiger partial charge in [-0.2, -0.15) is 4.31 Å². The normalized spacial score (nSPS) is 22.5. The number of benzene rings is 1. The molecule has 1 heterocycles. The quantitative estimate of drug-likeness (QED) is 0.719. The zero-order chi connectivity index (χ0) is 17.6. The van der Waals surface area contributed by atoms with Gasteiger partial charge < -0.3 is 14.6 Å². The third kappa shape index (κ3) is 4.27. The van der Waals surface area contributed by atoms with Gasteiger partial charge in [0.1, 0.15) is 5.75 Å². The maximum Gasteiger partial charge on any atom is 0.243 e. The lowest BCUT2D eigenvalue weighted by Crippen LogP contribution is -2.47. The minimum atomic E-state index is -3.56. The minimum absolute atomic E-state index is 0.00858. The molecular formula is C17H27NO5S. The van der Waals surface area contributed by atoms with E-state index in [0.29, 0.717) is 25.4 Å². The molecule has 1 aliphatic heterocycles. The fraction of sp³-hybridized carbons (Fsp3) is 0.647. The van der Waals surface area contributed by atoms with Gasteiger partial charge in [-0.05, 0) is 49.9 Å². The molecule has 1 aromatic rings. The molecule has 1 unspecified atom stereocenters. The Morgan fingerprint density at radius 1 is 1.25 bits per heavy atom. The Bertz CT molecular complexity index is 616. The van der Waals surface area contributed by atoms with Gasteiger partial charge in [-0.1, -0.05) is 0 Å². The second-order valence-electron chi connectivity index (χ2n) is 6.37. The smallest absolute Gasteiger partial charge is 0.243 e. The van der Waals surface area contributed by atoms with Crippen molar-refractivity contribution in [1.82, 2.24) is 4.31 Å². The van der Waals surface area contributed by atoms with Crippen LogP contribution in [-0.4, -0.2) is 58.4 Å². The van der Waals surface area contributed by atoms with Gasteiger partial charge in [0.15, 0.2) is 0 Å². The molecule has 2 rings (SSSR count). The Morgan fingerprint density at radius 2 is 1.96 bits per heavy atom. The zero-order valence-corrected chi connectivity index (χ0v) is 15.2. The standard InChI is InChI=1S/C17H27NO5S/c1-22-12-4-10-17(14-19)9-3-11-18(13-17)24(20,21)16-7-5-15(23-2)6-8-16/h5-8,19H,3-4,9-14H2,1-2H3. The van der Waals surface area contributed by atoms with E-state index in [1.165, 1.54) is 4.31 Å². The summed E-state index contributed by atoms with van der Waals surface area (Å²) in [5.41, 5.74) is -0.379. The van der Waals surface area contributed by atoms with Crippen molar-refractivity contribution >= 4 is 10.0 Å². The zero-order valence-electron chi connectivity index (χ0n) is 14.4. The second-order valence-corrected chi connectivity index (χ2v) is 8.31. The molecule has 24 heavy (non-hydrogen) atoms. The lowest BCUT2D eigenvalue weighted by Gasteiger charge is -2.41. The average Bonchev–Trinajstić information content (AvgIpc) is 2.62. The van der Waals surface area contributed by atoms with E-state index < -0.39 is 10.0 Å². The van der Waals surface area contributed by atoms with Crippen molar-refractivity contribution in [2.75, 3.05) is 40.5 Å². The molecule has 7 heteroatoms. The molecule has 1 atom stereocenters. The third-order valence-corrected chi connectivity index (χ3v) is 6.57. The summed E-state index contributed by atoms with van der Waals surface area (Å²) < 4.78 is 37.5. The van der Waals surface area contributed by atoms with Gasteiger partial charge in [-0.15, -0.1) is 0 Å². The molecule has 0 spiro atoms. The molecular weight excluding hydrogens is 330 g/mol. The van der Waals surface area contributed by atoms with Crippen molar-refractivity contribution in [2.24, 2.45) is 5.41 Å². The van der Waals surface area contributed by atoms with E-state index in [2.05, 4.69) is 0 Å². The molecule has 0 radical (unpaired) electrons.